The molecule has 1 saturated heterocycles. The number of hydrogen-bond donors (Lipinski definition) is 2. The second-order valence-corrected chi connectivity index (χ2v) is 9.16. The lowest BCUT2D eigenvalue weighted by molar-refractivity contribution is 0.0109. The molecule has 1 fully saturated rings. The number of aromatic nitrogens is 2. The molecular formula is C23H21F3N4OS. The first-order valence-corrected chi connectivity index (χ1v) is 11.4. The average Bonchev–Trinajstić information content (AvgIpc) is 3.23. The molecule has 166 valence electrons. The van der Waals surface area contributed by atoms with Gasteiger partial charge in [-0.05, 0) is 48.7 Å². The van der Waals surface area contributed by atoms with Crippen LogP contribution in [-0.2, 0) is 12.0 Å². The van der Waals surface area contributed by atoms with E-state index in [1.54, 1.807) is 23.9 Å². The first-order valence-electron chi connectivity index (χ1n) is 10.4. The number of benzene rings is 2. The van der Waals surface area contributed by atoms with E-state index in [4.69, 9.17) is 9.97 Å². The zero-order valence-electron chi connectivity index (χ0n) is 17.1. The molecule has 0 atom stereocenters. The maximum atomic E-state index is 13.7. The van der Waals surface area contributed by atoms with Crippen LogP contribution in [-0.4, -0.2) is 33.9 Å². The number of thioether (sulfide) groups is 1. The van der Waals surface area contributed by atoms with Crippen LogP contribution in [0.25, 0.3) is 0 Å². The van der Waals surface area contributed by atoms with Crippen molar-refractivity contribution in [3.8, 4) is 0 Å². The maximum absolute atomic E-state index is 13.7. The second-order valence-electron chi connectivity index (χ2n) is 8.06. The summed E-state index contributed by atoms with van der Waals surface area (Å²) in [4.78, 5) is 12.3. The summed E-state index contributed by atoms with van der Waals surface area (Å²) in [6.45, 7) is 0.861. The van der Waals surface area contributed by atoms with Crippen LogP contribution >= 0.6 is 11.8 Å². The van der Waals surface area contributed by atoms with Crippen LogP contribution in [0.15, 0.2) is 47.4 Å². The van der Waals surface area contributed by atoms with Gasteiger partial charge in [0, 0.05) is 37.0 Å². The molecule has 3 aromatic rings. The Bertz CT molecular complexity index is 1150. The van der Waals surface area contributed by atoms with E-state index in [0.717, 1.165) is 28.8 Å². The first kappa shape index (κ1) is 21.1. The molecule has 0 saturated carbocycles. The van der Waals surface area contributed by atoms with Crippen molar-refractivity contribution in [3.05, 3.63) is 71.2 Å². The molecule has 2 aromatic carbocycles. The highest BCUT2D eigenvalue weighted by Gasteiger charge is 2.36. The average molecular weight is 459 g/mol. The van der Waals surface area contributed by atoms with Gasteiger partial charge in [0.1, 0.15) is 23.3 Å². The molecule has 1 aromatic heterocycles. The summed E-state index contributed by atoms with van der Waals surface area (Å²) in [5.74, 6) is 0.309. The summed E-state index contributed by atoms with van der Waals surface area (Å²) in [7, 11) is 0. The molecule has 5 rings (SSSR count). The molecule has 2 aliphatic rings. The molecule has 5 nitrogen and oxygen atoms in total. The lowest BCUT2D eigenvalue weighted by Gasteiger charge is -2.38. The summed E-state index contributed by atoms with van der Waals surface area (Å²) in [6, 6.07) is 9.36. The Morgan fingerprint density at radius 1 is 0.969 bits per heavy atom. The number of piperidine rings is 1. The van der Waals surface area contributed by atoms with E-state index in [1.807, 2.05) is 4.90 Å². The normalized spacial score (nSPS) is 17.3. The fourth-order valence-corrected chi connectivity index (χ4v) is 5.22. The molecule has 9 heteroatoms. The van der Waals surface area contributed by atoms with Gasteiger partial charge in [-0.1, -0.05) is 6.07 Å². The van der Waals surface area contributed by atoms with Crippen LogP contribution in [0.5, 0.6) is 0 Å². The summed E-state index contributed by atoms with van der Waals surface area (Å²) >= 11 is 1.66. The van der Waals surface area contributed by atoms with Gasteiger partial charge in [0.15, 0.2) is 0 Å². The van der Waals surface area contributed by atoms with E-state index in [1.165, 1.54) is 24.3 Å². The minimum Gasteiger partial charge on any atom is -0.385 e. The standard InChI is InChI=1S/C23H21F3N4OS/c24-15-2-1-3-18(13-15)27-21-20-19(4-9-32-20)28-22(29-21)30-7-5-23(31,6-8-30)14-10-16(25)12-17(26)11-14/h1-3,10-13,31H,4-9H2,(H,27,28,29). The molecule has 0 amide bonds. The van der Waals surface area contributed by atoms with Gasteiger partial charge in [0.2, 0.25) is 5.95 Å². The Hall–Kier alpha value is -2.78. The lowest BCUT2D eigenvalue weighted by atomic mass is 9.84. The van der Waals surface area contributed by atoms with Gasteiger partial charge in [0.05, 0.1) is 16.2 Å². The highest BCUT2D eigenvalue weighted by Crippen LogP contribution is 2.39. The summed E-state index contributed by atoms with van der Waals surface area (Å²) < 4.78 is 40.9. The van der Waals surface area contributed by atoms with Crippen LogP contribution in [0.2, 0.25) is 0 Å². The van der Waals surface area contributed by atoms with Crippen molar-refractivity contribution in [2.24, 2.45) is 0 Å². The molecule has 2 aliphatic heterocycles. The van der Waals surface area contributed by atoms with Crippen molar-refractivity contribution in [1.82, 2.24) is 9.97 Å². The summed E-state index contributed by atoms with van der Waals surface area (Å²) in [5.41, 5.74) is 0.473. The zero-order valence-corrected chi connectivity index (χ0v) is 17.9. The largest absolute Gasteiger partial charge is 0.385 e. The Kier molecular flexibility index (Phi) is 5.46. The molecule has 32 heavy (non-hydrogen) atoms. The number of fused-ring (bicyclic) bond motifs is 1. The molecule has 0 radical (unpaired) electrons. The van der Waals surface area contributed by atoms with Crippen molar-refractivity contribution in [3.63, 3.8) is 0 Å². The minimum absolute atomic E-state index is 0.245. The Morgan fingerprint density at radius 2 is 1.72 bits per heavy atom. The van der Waals surface area contributed by atoms with Gasteiger partial charge in [-0.15, -0.1) is 11.8 Å². The van der Waals surface area contributed by atoms with Gasteiger partial charge in [0.25, 0.3) is 0 Å². The number of nitrogens with one attached hydrogen (secondary N) is 1. The molecule has 0 aliphatic carbocycles. The third-order valence-electron chi connectivity index (χ3n) is 5.87. The smallest absolute Gasteiger partial charge is 0.227 e. The highest BCUT2D eigenvalue weighted by molar-refractivity contribution is 7.99. The van der Waals surface area contributed by atoms with Crippen molar-refractivity contribution in [2.45, 2.75) is 29.8 Å². The quantitative estimate of drug-likeness (QED) is 0.587. The summed E-state index contributed by atoms with van der Waals surface area (Å²) in [5, 5.41) is 14.2. The number of rotatable bonds is 4. The third-order valence-corrected chi connectivity index (χ3v) is 7.00. The Labute approximate surface area is 187 Å². The van der Waals surface area contributed by atoms with Crippen LogP contribution in [0.3, 0.4) is 0 Å². The van der Waals surface area contributed by atoms with Gasteiger partial charge in [-0.2, -0.15) is 4.98 Å². The number of hydrogen-bond acceptors (Lipinski definition) is 6. The molecule has 0 spiro atoms. The minimum atomic E-state index is -1.31. The molecular weight excluding hydrogens is 437 g/mol. The van der Waals surface area contributed by atoms with Crippen molar-refractivity contribution >= 4 is 29.2 Å². The van der Waals surface area contributed by atoms with Crippen LogP contribution in [0, 0.1) is 17.5 Å². The van der Waals surface area contributed by atoms with Gasteiger partial charge in [-0.3, -0.25) is 0 Å². The fraction of sp³-hybridized carbons (Fsp3) is 0.304. The first-order chi connectivity index (χ1) is 15.4. The third kappa shape index (κ3) is 4.14. The molecule has 3 heterocycles. The van der Waals surface area contributed by atoms with E-state index < -0.39 is 17.2 Å². The number of halogens is 3. The monoisotopic (exact) mass is 458 g/mol. The van der Waals surface area contributed by atoms with Gasteiger partial charge < -0.3 is 15.3 Å². The van der Waals surface area contributed by atoms with E-state index in [2.05, 4.69) is 5.32 Å². The van der Waals surface area contributed by atoms with E-state index >= 15 is 0 Å². The Balaban J connectivity index is 1.39. The van der Waals surface area contributed by atoms with Crippen LogP contribution < -0.4 is 10.2 Å². The number of anilines is 3. The number of aryl methyl sites for hydroxylation is 1. The van der Waals surface area contributed by atoms with E-state index in [-0.39, 0.29) is 24.2 Å². The second kappa shape index (κ2) is 8.29. The maximum Gasteiger partial charge on any atom is 0.227 e. The predicted octanol–water partition coefficient (Wildman–Crippen LogP) is 4.77. The Morgan fingerprint density at radius 3 is 2.44 bits per heavy atom. The van der Waals surface area contributed by atoms with Crippen molar-refractivity contribution in [1.29, 1.82) is 0 Å². The molecule has 0 bridgehead atoms. The highest BCUT2D eigenvalue weighted by atomic mass is 32.2. The number of nitrogens with zero attached hydrogens (tertiary/aromatic N) is 3. The van der Waals surface area contributed by atoms with E-state index in [0.29, 0.717) is 30.5 Å². The van der Waals surface area contributed by atoms with Crippen molar-refractivity contribution in [2.75, 3.05) is 29.1 Å². The fourth-order valence-electron chi connectivity index (χ4n) is 4.17. The predicted molar refractivity (Wildman–Crippen MR) is 118 cm³/mol. The van der Waals surface area contributed by atoms with Gasteiger partial charge in [-0.25, -0.2) is 18.2 Å². The van der Waals surface area contributed by atoms with Crippen LogP contribution in [0.1, 0.15) is 24.1 Å². The van der Waals surface area contributed by atoms with Crippen molar-refractivity contribution < 1.29 is 18.3 Å². The van der Waals surface area contributed by atoms with E-state index in [9.17, 15) is 18.3 Å². The lowest BCUT2D eigenvalue weighted by Crippen LogP contribution is -2.43. The summed E-state index contributed by atoms with van der Waals surface area (Å²) in [6.07, 6.45) is 1.39. The number of aliphatic hydroxyl groups is 1. The van der Waals surface area contributed by atoms with Crippen LogP contribution in [0.4, 0.5) is 30.6 Å². The van der Waals surface area contributed by atoms with Gasteiger partial charge >= 0.3 is 0 Å². The zero-order chi connectivity index (χ0) is 22.3. The molecule has 2 N–H and O–H groups in total. The topological polar surface area (TPSA) is 61.3 Å². The SMILES string of the molecule is OC1(c2cc(F)cc(F)c2)CCN(c2nc3c(c(Nc4cccc(F)c4)n2)SCC3)CC1. The molecule has 0 unspecified atom stereocenters.